The zero-order valence-corrected chi connectivity index (χ0v) is 15.5. The summed E-state index contributed by atoms with van der Waals surface area (Å²) >= 11 is 0. The summed E-state index contributed by atoms with van der Waals surface area (Å²) in [7, 11) is 1.62. The maximum Gasteiger partial charge on any atom is 0.231 e. The molecule has 0 aromatic heterocycles. The van der Waals surface area contributed by atoms with Gasteiger partial charge in [-0.1, -0.05) is 0 Å². The molecular formula is C20H21NO7. The first-order valence-electron chi connectivity index (χ1n) is 9.16. The third-order valence-corrected chi connectivity index (χ3v) is 5.25. The molecule has 0 amide bonds. The Balaban J connectivity index is 1.66. The van der Waals surface area contributed by atoms with Gasteiger partial charge in [-0.05, 0) is 12.1 Å². The monoisotopic (exact) mass is 387 g/mol. The fourth-order valence-corrected chi connectivity index (χ4v) is 3.89. The normalized spacial score (nSPS) is 18.9. The topological polar surface area (TPSA) is 78.9 Å². The van der Waals surface area contributed by atoms with Crippen molar-refractivity contribution in [2.24, 2.45) is 0 Å². The number of fused-ring (bicyclic) bond motifs is 2. The highest BCUT2D eigenvalue weighted by molar-refractivity contribution is 5.58. The first kappa shape index (κ1) is 17.3. The lowest BCUT2D eigenvalue weighted by Gasteiger charge is -2.36. The molecule has 0 unspecified atom stereocenters. The van der Waals surface area contributed by atoms with Crippen LogP contribution < -0.4 is 23.7 Å². The molecule has 1 saturated heterocycles. The van der Waals surface area contributed by atoms with Crippen molar-refractivity contribution < 1.29 is 33.5 Å². The number of phenolic OH excluding ortho intramolecular Hbond substituents is 1. The van der Waals surface area contributed by atoms with Gasteiger partial charge in [0.15, 0.2) is 23.0 Å². The maximum absolute atomic E-state index is 10.8. The standard InChI is InChI=1S/C20H21NO7/c1-23-15-9-19-17(26-11-28-19)7-13(15)20(21-2-4-24-5-3-21)12-6-16-18(8-14(12)22)27-10-25-16/h6-9,20,22H,2-5,10-11H2,1H3/t20-/m1/s1. The third-order valence-electron chi connectivity index (χ3n) is 5.25. The molecule has 2 aromatic carbocycles. The number of morpholine rings is 1. The van der Waals surface area contributed by atoms with Gasteiger partial charge in [-0.3, -0.25) is 4.90 Å². The lowest BCUT2D eigenvalue weighted by molar-refractivity contribution is 0.0231. The lowest BCUT2D eigenvalue weighted by atomic mass is 9.94. The fraction of sp³-hybridized carbons (Fsp3) is 0.400. The largest absolute Gasteiger partial charge is 0.507 e. The Kier molecular flexibility index (Phi) is 4.29. The van der Waals surface area contributed by atoms with Crippen LogP contribution >= 0.6 is 0 Å². The molecule has 28 heavy (non-hydrogen) atoms. The van der Waals surface area contributed by atoms with Gasteiger partial charge in [-0.2, -0.15) is 0 Å². The molecule has 1 N–H and O–H groups in total. The molecule has 3 aliphatic rings. The third kappa shape index (κ3) is 2.85. The summed E-state index contributed by atoms with van der Waals surface area (Å²) in [6.07, 6.45) is 0. The minimum absolute atomic E-state index is 0.139. The van der Waals surface area contributed by atoms with Crippen molar-refractivity contribution in [1.29, 1.82) is 0 Å². The van der Waals surface area contributed by atoms with Gasteiger partial charge in [0.1, 0.15) is 11.5 Å². The van der Waals surface area contributed by atoms with Crippen LogP contribution in [-0.4, -0.2) is 57.0 Å². The van der Waals surface area contributed by atoms with E-state index in [4.69, 9.17) is 28.4 Å². The summed E-state index contributed by atoms with van der Waals surface area (Å²) in [6.45, 7) is 3.00. The molecule has 2 aromatic rings. The zero-order chi connectivity index (χ0) is 19.1. The highest BCUT2D eigenvalue weighted by Gasteiger charge is 2.33. The first-order chi connectivity index (χ1) is 13.7. The van der Waals surface area contributed by atoms with Crippen molar-refractivity contribution >= 4 is 0 Å². The van der Waals surface area contributed by atoms with E-state index in [9.17, 15) is 5.11 Å². The van der Waals surface area contributed by atoms with Crippen molar-refractivity contribution in [2.45, 2.75) is 6.04 Å². The van der Waals surface area contributed by atoms with Crippen LogP contribution in [0.25, 0.3) is 0 Å². The van der Waals surface area contributed by atoms with Crippen LogP contribution in [0.1, 0.15) is 17.2 Å². The van der Waals surface area contributed by atoms with E-state index in [0.29, 0.717) is 47.5 Å². The van der Waals surface area contributed by atoms with Crippen molar-refractivity contribution in [3.8, 4) is 34.5 Å². The Bertz CT molecular complexity index is 895. The molecule has 8 heteroatoms. The maximum atomic E-state index is 10.8. The Hall–Kier alpha value is -2.84. The van der Waals surface area contributed by atoms with E-state index in [0.717, 1.165) is 18.7 Å². The number of aromatic hydroxyl groups is 1. The Labute approximate surface area is 162 Å². The molecule has 1 fully saturated rings. The van der Waals surface area contributed by atoms with Crippen LogP contribution in [-0.2, 0) is 4.74 Å². The first-order valence-corrected chi connectivity index (χ1v) is 9.16. The predicted molar refractivity (Wildman–Crippen MR) is 97.6 cm³/mol. The summed E-state index contributed by atoms with van der Waals surface area (Å²) in [5, 5.41) is 10.8. The number of phenols is 1. The fourth-order valence-electron chi connectivity index (χ4n) is 3.89. The molecule has 0 bridgehead atoms. The van der Waals surface area contributed by atoms with E-state index in [2.05, 4.69) is 4.90 Å². The van der Waals surface area contributed by atoms with Gasteiger partial charge in [-0.15, -0.1) is 0 Å². The summed E-state index contributed by atoms with van der Waals surface area (Å²) in [5.74, 6) is 3.27. The number of nitrogens with zero attached hydrogens (tertiary/aromatic N) is 1. The zero-order valence-electron chi connectivity index (χ0n) is 15.5. The second-order valence-electron chi connectivity index (χ2n) is 6.76. The average molecular weight is 387 g/mol. The average Bonchev–Trinajstić information content (AvgIpc) is 3.37. The van der Waals surface area contributed by atoms with Gasteiger partial charge in [0, 0.05) is 36.3 Å². The summed E-state index contributed by atoms with van der Waals surface area (Å²) in [4.78, 5) is 2.25. The van der Waals surface area contributed by atoms with Gasteiger partial charge in [0.05, 0.1) is 26.4 Å². The van der Waals surface area contributed by atoms with Crippen molar-refractivity contribution in [1.82, 2.24) is 4.90 Å². The summed E-state index contributed by atoms with van der Waals surface area (Å²) in [6, 6.07) is 6.91. The molecule has 0 radical (unpaired) electrons. The van der Waals surface area contributed by atoms with E-state index in [1.54, 1.807) is 13.2 Å². The minimum Gasteiger partial charge on any atom is -0.507 e. The smallest absolute Gasteiger partial charge is 0.231 e. The van der Waals surface area contributed by atoms with E-state index < -0.39 is 0 Å². The number of hydrogen-bond donors (Lipinski definition) is 1. The molecule has 3 heterocycles. The molecule has 3 aliphatic heterocycles. The van der Waals surface area contributed by atoms with Crippen molar-refractivity contribution in [3.05, 3.63) is 35.4 Å². The van der Waals surface area contributed by atoms with Crippen LogP contribution in [0.2, 0.25) is 0 Å². The van der Waals surface area contributed by atoms with E-state index in [-0.39, 0.29) is 25.4 Å². The van der Waals surface area contributed by atoms with Crippen LogP contribution in [0.4, 0.5) is 0 Å². The highest BCUT2D eigenvalue weighted by Crippen LogP contribution is 2.48. The number of benzene rings is 2. The Morgan fingerprint density at radius 3 is 2.07 bits per heavy atom. The Morgan fingerprint density at radius 1 is 0.857 bits per heavy atom. The molecule has 0 saturated carbocycles. The summed E-state index contributed by atoms with van der Waals surface area (Å²) < 4.78 is 33.2. The number of rotatable bonds is 4. The van der Waals surface area contributed by atoms with Crippen LogP contribution in [0.5, 0.6) is 34.5 Å². The van der Waals surface area contributed by atoms with Crippen LogP contribution in [0, 0.1) is 0 Å². The van der Waals surface area contributed by atoms with E-state index in [1.165, 1.54) is 0 Å². The number of methoxy groups -OCH3 is 1. The van der Waals surface area contributed by atoms with E-state index >= 15 is 0 Å². The highest BCUT2D eigenvalue weighted by atomic mass is 16.7. The Morgan fingerprint density at radius 2 is 1.43 bits per heavy atom. The molecular weight excluding hydrogens is 366 g/mol. The van der Waals surface area contributed by atoms with Crippen LogP contribution in [0.3, 0.4) is 0 Å². The lowest BCUT2D eigenvalue weighted by Crippen LogP contribution is -2.39. The molecule has 0 spiro atoms. The summed E-state index contributed by atoms with van der Waals surface area (Å²) in [5.41, 5.74) is 1.59. The van der Waals surface area contributed by atoms with Gasteiger partial charge in [-0.25, -0.2) is 0 Å². The van der Waals surface area contributed by atoms with Gasteiger partial charge in [0.25, 0.3) is 0 Å². The van der Waals surface area contributed by atoms with Crippen molar-refractivity contribution in [2.75, 3.05) is 47.0 Å². The molecule has 0 aliphatic carbocycles. The second kappa shape index (κ2) is 6.96. The molecule has 148 valence electrons. The van der Waals surface area contributed by atoms with Gasteiger partial charge in [0.2, 0.25) is 13.6 Å². The minimum atomic E-state index is -0.275. The van der Waals surface area contributed by atoms with Gasteiger partial charge >= 0.3 is 0 Å². The molecule has 8 nitrogen and oxygen atoms in total. The second-order valence-corrected chi connectivity index (χ2v) is 6.76. The SMILES string of the molecule is COc1cc2c(cc1[C@@H](c1cc3c(cc1O)OCO3)N1CCOCC1)OCO2. The predicted octanol–water partition coefficient (Wildman–Crippen LogP) is 2.28. The quantitative estimate of drug-likeness (QED) is 0.856. The molecule has 5 rings (SSSR count). The number of ether oxygens (including phenoxy) is 6. The van der Waals surface area contributed by atoms with Crippen molar-refractivity contribution in [3.63, 3.8) is 0 Å². The van der Waals surface area contributed by atoms with Crippen LogP contribution in [0.15, 0.2) is 24.3 Å². The number of hydrogen-bond acceptors (Lipinski definition) is 8. The molecule has 1 atom stereocenters. The van der Waals surface area contributed by atoms with Gasteiger partial charge < -0.3 is 33.5 Å². The van der Waals surface area contributed by atoms with E-state index in [1.807, 2.05) is 18.2 Å².